The normalized spacial score (nSPS) is 23.5. The molecule has 0 spiro atoms. The summed E-state index contributed by atoms with van der Waals surface area (Å²) in [7, 11) is 0. The molecule has 2 aliphatic heterocycles. The summed E-state index contributed by atoms with van der Waals surface area (Å²) in [4.78, 5) is 25.4. The molecule has 1 amide bonds. The van der Waals surface area contributed by atoms with Crippen LogP contribution in [0.3, 0.4) is 0 Å². The van der Waals surface area contributed by atoms with Crippen LogP contribution in [0.25, 0.3) is 0 Å². The second-order valence-corrected chi connectivity index (χ2v) is 6.25. The lowest BCUT2D eigenvalue weighted by molar-refractivity contribution is -0.131. The highest BCUT2D eigenvalue weighted by Gasteiger charge is 2.26. The van der Waals surface area contributed by atoms with Crippen LogP contribution < -0.4 is 0 Å². The third-order valence-electron chi connectivity index (χ3n) is 4.52. The fraction of sp³-hybridized carbons (Fsp3) is 0.688. The van der Waals surface area contributed by atoms with E-state index in [1.165, 1.54) is 0 Å². The van der Waals surface area contributed by atoms with Crippen LogP contribution in [0.4, 0.5) is 0 Å². The first-order valence-electron chi connectivity index (χ1n) is 8.01. The van der Waals surface area contributed by atoms with E-state index >= 15 is 0 Å². The van der Waals surface area contributed by atoms with E-state index in [9.17, 15) is 4.79 Å². The minimum atomic E-state index is 0.295. The van der Waals surface area contributed by atoms with Gasteiger partial charge in [-0.25, -0.2) is 0 Å². The third-order valence-corrected chi connectivity index (χ3v) is 4.52. The lowest BCUT2D eigenvalue weighted by Crippen LogP contribution is -2.43. The first-order valence-corrected chi connectivity index (χ1v) is 8.01. The summed E-state index contributed by atoms with van der Waals surface area (Å²) in [5.41, 5.74) is 2.05. The van der Waals surface area contributed by atoms with Gasteiger partial charge in [0.2, 0.25) is 5.91 Å². The number of carbonyl (C=O) groups is 1. The van der Waals surface area contributed by atoms with Gasteiger partial charge in [-0.2, -0.15) is 0 Å². The number of amides is 1. The second kappa shape index (κ2) is 6.52. The zero-order valence-corrected chi connectivity index (χ0v) is 12.8. The number of rotatable bonds is 3. The van der Waals surface area contributed by atoms with Gasteiger partial charge in [0.15, 0.2) is 0 Å². The summed E-state index contributed by atoms with van der Waals surface area (Å²) in [5, 5.41) is 0. The van der Waals surface area contributed by atoms with Gasteiger partial charge in [0.25, 0.3) is 0 Å². The molecule has 0 aliphatic carbocycles. The van der Waals surface area contributed by atoms with E-state index in [0.717, 1.165) is 63.3 Å². The molecule has 2 aliphatic rings. The van der Waals surface area contributed by atoms with Crippen LogP contribution in [0.1, 0.15) is 43.0 Å². The van der Waals surface area contributed by atoms with Gasteiger partial charge >= 0.3 is 0 Å². The van der Waals surface area contributed by atoms with E-state index in [4.69, 9.17) is 0 Å². The minimum absolute atomic E-state index is 0.295. The lowest BCUT2D eigenvalue weighted by Gasteiger charge is -2.32. The van der Waals surface area contributed by atoms with Gasteiger partial charge in [-0.3, -0.25) is 19.7 Å². The maximum Gasteiger partial charge on any atom is 0.236 e. The summed E-state index contributed by atoms with van der Waals surface area (Å²) in [5.74, 6) is 0.709. The Bertz CT molecular complexity index is 499. The van der Waals surface area contributed by atoms with E-state index in [1.54, 1.807) is 6.20 Å². The van der Waals surface area contributed by atoms with Gasteiger partial charge in [-0.15, -0.1) is 0 Å². The first-order chi connectivity index (χ1) is 10.2. The molecule has 1 atom stereocenters. The Morgan fingerprint density at radius 1 is 1.24 bits per heavy atom. The maximum atomic E-state index is 12.3. The predicted molar refractivity (Wildman–Crippen MR) is 81.0 cm³/mol. The summed E-state index contributed by atoms with van der Waals surface area (Å²) in [6, 6.07) is 0. The smallest absolute Gasteiger partial charge is 0.236 e. The largest absolute Gasteiger partial charge is 0.342 e. The monoisotopic (exact) mass is 288 g/mol. The molecule has 5 heteroatoms. The Hall–Kier alpha value is -1.49. The van der Waals surface area contributed by atoms with Crippen molar-refractivity contribution in [1.82, 2.24) is 19.8 Å². The Kier molecular flexibility index (Phi) is 4.48. The zero-order chi connectivity index (χ0) is 14.7. The van der Waals surface area contributed by atoms with Crippen molar-refractivity contribution in [2.45, 2.75) is 38.5 Å². The summed E-state index contributed by atoms with van der Waals surface area (Å²) in [6.45, 7) is 6.38. The molecule has 2 saturated heterocycles. The molecular formula is C16H24N4O. The topological polar surface area (TPSA) is 49.3 Å². The molecule has 3 heterocycles. The number of carbonyl (C=O) groups excluding carboxylic acids is 1. The van der Waals surface area contributed by atoms with Crippen molar-refractivity contribution in [2.24, 2.45) is 0 Å². The van der Waals surface area contributed by atoms with Crippen LogP contribution in [0, 0.1) is 6.92 Å². The summed E-state index contributed by atoms with van der Waals surface area (Å²) < 4.78 is 0. The van der Waals surface area contributed by atoms with E-state index in [0.29, 0.717) is 18.4 Å². The molecule has 21 heavy (non-hydrogen) atoms. The summed E-state index contributed by atoms with van der Waals surface area (Å²) in [6.07, 6.45) is 8.27. The number of hydrogen-bond donors (Lipinski definition) is 0. The second-order valence-electron chi connectivity index (χ2n) is 6.25. The molecule has 1 aromatic rings. The quantitative estimate of drug-likeness (QED) is 0.847. The highest BCUT2D eigenvalue weighted by molar-refractivity contribution is 5.78. The summed E-state index contributed by atoms with van der Waals surface area (Å²) >= 11 is 0. The van der Waals surface area contributed by atoms with Crippen LogP contribution in [0.15, 0.2) is 12.4 Å². The van der Waals surface area contributed by atoms with Gasteiger partial charge in [-0.1, -0.05) is 0 Å². The molecule has 3 rings (SSSR count). The highest BCUT2D eigenvalue weighted by atomic mass is 16.2. The van der Waals surface area contributed by atoms with Gasteiger partial charge in [0.1, 0.15) is 0 Å². The third kappa shape index (κ3) is 3.59. The highest BCUT2D eigenvalue weighted by Crippen LogP contribution is 2.25. The Morgan fingerprint density at radius 2 is 2.05 bits per heavy atom. The zero-order valence-electron chi connectivity index (χ0n) is 12.8. The molecule has 2 fully saturated rings. The van der Waals surface area contributed by atoms with Crippen molar-refractivity contribution in [3.05, 3.63) is 23.8 Å². The van der Waals surface area contributed by atoms with Crippen LogP contribution in [0.5, 0.6) is 0 Å². The Morgan fingerprint density at radius 3 is 2.81 bits per heavy atom. The van der Waals surface area contributed by atoms with Crippen molar-refractivity contribution in [3.63, 3.8) is 0 Å². The van der Waals surface area contributed by atoms with Crippen molar-refractivity contribution in [3.8, 4) is 0 Å². The lowest BCUT2D eigenvalue weighted by atomic mass is 9.95. The molecule has 5 nitrogen and oxygen atoms in total. The predicted octanol–water partition coefficient (Wildman–Crippen LogP) is 1.59. The average Bonchev–Trinajstić information content (AvgIpc) is 3.02. The number of aromatic nitrogens is 2. The molecule has 114 valence electrons. The SMILES string of the molecule is Cc1cncc([C@@H]2CCCN(CC(=O)N3CCCC3)C2)n1. The van der Waals surface area contributed by atoms with Crippen molar-refractivity contribution < 1.29 is 4.79 Å². The number of likely N-dealkylation sites (tertiary alicyclic amines) is 2. The van der Waals surface area contributed by atoms with E-state index in [1.807, 2.05) is 18.0 Å². The molecule has 0 unspecified atom stereocenters. The number of aryl methyl sites for hydroxylation is 1. The first kappa shape index (κ1) is 14.4. The molecule has 0 bridgehead atoms. The van der Waals surface area contributed by atoms with Gasteiger partial charge in [0, 0.05) is 37.9 Å². The molecule has 0 saturated carbocycles. The fourth-order valence-electron chi connectivity index (χ4n) is 3.38. The van der Waals surface area contributed by atoms with Crippen molar-refractivity contribution in [1.29, 1.82) is 0 Å². The van der Waals surface area contributed by atoms with Crippen LogP contribution >= 0.6 is 0 Å². The van der Waals surface area contributed by atoms with E-state index in [2.05, 4.69) is 14.9 Å². The molecule has 0 N–H and O–H groups in total. The van der Waals surface area contributed by atoms with Crippen molar-refractivity contribution in [2.75, 3.05) is 32.7 Å². The van der Waals surface area contributed by atoms with Crippen LogP contribution in [-0.4, -0.2) is 58.4 Å². The van der Waals surface area contributed by atoms with Gasteiger partial charge in [-0.05, 0) is 39.2 Å². The van der Waals surface area contributed by atoms with E-state index < -0.39 is 0 Å². The van der Waals surface area contributed by atoms with Gasteiger partial charge < -0.3 is 4.90 Å². The number of nitrogens with zero attached hydrogens (tertiary/aromatic N) is 4. The van der Waals surface area contributed by atoms with Crippen molar-refractivity contribution >= 4 is 5.91 Å². The molecule has 0 aromatic carbocycles. The average molecular weight is 288 g/mol. The minimum Gasteiger partial charge on any atom is -0.342 e. The Balaban J connectivity index is 1.59. The van der Waals surface area contributed by atoms with Gasteiger partial charge in [0.05, 0.1) is 17.9 Å². The molecule has 1 aromatic heterocycles. The maximum absolute atomic E-state index is 12.3. The number of hydrogen-bond acceptors (Lipinski definition) is 4. The van der Waals surface area contributed by atoms with E-state index in [-0.39, 0.29) is 0 Å². The van der Waals surface area contributed by atoms with Crippen LogP contribution in [-0.2, 0) is 4.79 Å². The Labute approximate surface area is 126 Å². The standard InChI is InChI=1S/C16H24N4O/c1-13-9-17-10-15(18-13)14-5-4-6-19(11-14)12-16(21)20-7-2-3-8-20/h9-10,14H,2-8,11-12H2,1H3/t14-/m1/s1. The van der Waals surface area contributed by atoms with Crippen LogP contribution in [0.2, 0.25) is 0 Å². The molecular weight excluding hydrogens is 264 g/mol. The number of piperidine rings is 1. The molecule has 0 radical (unpaired) electrons. The fourth-order valence-corrected chi connectivity index (χ4v) is 3.38.